The molecule has 5 nitrogen and oxygen atoms in total. The molecule has 1 heterocycles. The molecule has 0 radical (unpaired) electrons. The maximum atomic E-state index is 10.5. The monoisotopic (exact) mass is 220 g/mol. The van der Waals surface area contributed by atoms with Gasteiger partial charge in [-0.3, -0.25) is 0 Å². The lowest BCUT2D eigenvalue weighted by Gasteiger charge is -2.07. The molecule has 0 spiro atoms. The fourth-order valence-corrected chi connectivity index (χ4v) is 1.46. The number of hydrogen-bond donors (Lipinski definition) is 0. The van der Waals surface area contributed by atoms with Crippen molar-refractivity contribution in [2.45, 2.75) is 12.5 Å². The van der Waals surface area contributed by atoms with Crippen LogP contribution in [-0.2, 0) is 9.63 Å². The predicted octanol–water partition coefficient (Wildman–Crippen LogP) is -0.0619. The molecule has 0 bridgehead atoms. The van der Waals surface area contributed by atoms with Gasteiger partial charge in [-0.2, -0.15) is 0 Å². The lowest BCUT2D eigenvalue weighted by molar-refractivity contribution is -0.315. The normalized spacial score (nSPS) is 18.8. The van der Waals surface area contributed by atoms with Gasteiger partial charge in [0.15, 0.2) is 6.10 Å². The van der Waals surface area contributed by atoms with E-state index in [4.69, 9.17) is 9.57 Å². The molecule has 0 fully saturated rings. The Labute approximate surface area is 92.3 Å². The smallest absolute Gasteiger partial charge is 0.172 e. The van der Waals surface area contributed by atoms with Crippen LogP contribution in [0.2, 0.25) is 0 Å². The minimum Gasteiger partial charge on any atom is -0.546 e. The van der Waals surface area contributed by atoms with Crippen LogP contribution in [0.15, 0.2) is 29.4 Å². The maximum absolute atomic E-state index is 10.5. The number of carbonyl (C=O) groups is 1. The number of oxime groups is 1. The summed E-state index contributed by atoms with van der Waals surface area (Å²) in [5.74, 6) is -0.507. The Bertz CT molecular complexity index is 424. The summed E-state index contributed by atoms with van der Waals surface area (Å²) in [7, 11) is 1.58. The van der Waals surface area contributed by atoms with Gasteiger partial charge in [-0.1, -0.05) is 5.16 Å². The molecule has 2 rings (SSSR count). The van der Waals surface area contributed by atoms with Gasteiger partial charge < -0.3 is 19.5 Å². The lowest BCUT2D eigenvalue weighted by Crippen LogP contribution is -2.35. The standard InChI is InChI=1S/C11H11NO4/c1-15-8-4-2-7(3-5-8)9-6-10(11(13)14)16-12-9/h2-5,10H,6H2,1H3,(H,13,14)/p-1/t10-/m0/s1. The Balaban J connectivity index is 2.11. The summed E-state index contributed by atoms with van der Waals surface area (Å²) in [6.07, 6.45) is -0.744. The number of carboxylic acids is 1. The summed E-state index contributed by atoms with van der Waals surface area (Å²) >= 11 is 0. The van der Waals surface area contributed by atoms with Gasteiger partial charge in [0.05, 0.1) is 18.8 Å². The van der Waals surface area contributed by atoms with Crippen molar-refractivity contribution in [1.82, 2.24) is 0 Å². The first kappa shape index (κ1) is 10.5. The molecule has 1 aromatic rings. The molecule has 84 valence electrons. The predicted molar refractivity (Wildman–Crippen MR) is 54.0 cm³/mol. The summed E-state index contributed by atoms with van der Waals surface area (Å²) in [6, 6.07) is 7.17. The molecule has 0 unspecified atom stereocenters. The van der Waals surface area contributed by atoms with E-state index < -0.39 is 12.1 Å². The summed E-state index contributed by atoms with van der Waals surface area (Å²) in [4.78, 5) is 15.3. The van der Waals surface area contributed by atoms with Crippen molar-refractivity contribution in [3.8, 4) is 5.75 Å². The molecular formula is C11H10NO4-. The molecule has 0 saturated heterocycles. The number of rotatable bonds is 3. The fraction of sp³-hybridized carbons (Fsp3) is 0.273. The lowest BCUT2D eigenvalue weighted by atomic mass is 10.1. The zero-order valence-electron chi connectivity index (χ0n) is 8.67. The van der Waals surface area contributed by atoms with Gasteiger partial charge in [0, 0.05) is 6.42 Å². The van der Waals surface area contributed by atoms with Crippen LogP contribution in [0, 0.1) is 0 Å². The number of carbonyl (C=O) groups excluding carboxylic acids is 1. The van der Waals surface area contributed by atoms with Gasteiger partial charge in [0.2, 0.25) is 0 Å². The third-order valence-corrected chi connectivity index (χ3v) is 2.36. The molecule has 1 aliphatic rings. The highest BCUT2D eigenvalue weighted by Crippen LogP contribution is 2.18. The minimum atomic E-state index is -1.24. The van der Waals surface area contributed by atoms with Crippen molar-refractivity contribution >= 4 is 11.7 Å². The van der Waals surface area contributed by atoms with Gasteiger partial charge in [0.25, 0.3) is 0 Å². The van der Waals surface area contributed by atoms with Crippen LogP contribution in [0.1, 0.15) is 12.0 Å². The molecule has 1 atom stereocenters. The van der Waals surface area contributed by atoms with E-state index in [1.165, 1.54) is 0 Å². The van der Waals surface area contributed by atoms with E-state index in [9.17, 15) is 9.90 Å². The Morgan fingerprint density at radius 1 is 1.50 bits per heavy atom. The molecule has 0 aromatic heterocycles. The number of carboxylic acid groups (broad SMARTS) is 1. The quantitative estimate of drug-likeness (QED) is 0.715. The molecular weight excluding hydrogens is 210 g/mol. The maximum Gasteiger partial charge on any atom is 0.172 e. The first-order chi connectivity index (χ1) is 7.70. The van der Waals surface area contributed by atoms with Crippen LogP contribution in [0.3, 0.4) is 0 Å². The van der Waals surface area contributed by atoms with Crippen molar-refractivity contribution in [3.63, 3.8) is 0 Å². The van der Waals surface area contributed by atoms with Crippen LogP contribution in [0.25, 0.3) is 0 Å². The number of benzene rings is 1. The van der Waals surface area contributed by atoms with Crippen LogP contribution in [0.4, 0.5) is 0 Å². The van der Waals surface area contributed by atoms with Crippen molar-refractivity contribution in [2.24, 2.45) is 5.16 Å². The Hall–Kier alpha value is -2.04. The average molecular weight is 220 g/mol. The van der Waals surface area contributed by atoms with Crippen LogP contribution < -0.4 is 9.84 Å². The summed E-state index contributed by atoms with van der Waals surface area (Å²) < 4.78 is 5.02. The van der Waals surface area contributed by atoms with Crippen molar-refractivity contribution < 1.29 is 19.5 Å². The Morgan fingerprint density at radius 2 is 2.19 bits per heavy atom. The zero-order chi connectivity index (χ0) is 11.5. The summed E-state index contributed by atoms with van der Waals surface area (Å²) in [5.41, 5.74) is 1.43. The van der Waals surface area contributed by atoms with E-state index in [0.29, 0.717) is 5.71 Å². The van der Waals surface area contributed by atoms with Crippen LogP contribution in [-0.4, -0.2) is 24.9 Å². The van der Waals surface area contributed by atoms with Crippen molar-refractivity contribution in [3.05, 3.63) is 29.8 Å². The molecule has 0 aliphatic carbocycles. The second kappa shape index (κ2) is 4.22. The first-order valence-corrected chi connectivity index (χ1v) is 4.78. The van der Waals surface area contributed by atoms with Crippen molar-refractivity contribution in [1.29, 1.82) is 0 Å². The minimum absolute atomic E-state index is 0.231. The SMILES string of the molecule is COc1ccc(C2=NO[C@H](C(=O)[O-])C2)cc1. The van der Waals surface area contributed by atoms with Crippen LogP contribution >= 0.6 is 0 Å². The third-order valence-electron chi connectivity index (χ3n) is 2.36. The molecule has 1 aromatic carbocycles. The Kier molecular flexibility index (Phi) is 2.76. The van der Waals surface area contributed by atoms with Gasteiger partial charge in [0.1, 0.15) is 5.75 Å². The van der Waals surface area contributed by atoms with E-state index in [1.807, 2.05) is 0 Å². The van der Waals surface area contributed by atoms with E-state index in [1.54, 1.807) is 31.4 Å². The second-order valence-corrected chi connectivity index (χ2v) is 3.38. The molecule has 16 heavy (non-hydrogen) atoms. The zero-order valence-corrected chi connectivity index (χ0v) is 8.67. The van der Waals surface area contributed by atoms with Crippen molar-refractivity contribution in [2.75, 3.05) is 7.11 Å². The Morgan fingerprint density at radius 3 is 2.69 bits per heavy atom. The second-order valence-electron chi connectivity index (χ2n) is 3.38. The van der Waals surface area contributed by atoms with Crippen LogP contribution in [0.5, 0.6) is 5.75 Å². The van der Waals surface area contributed by atoms with E-state index in [0.717, 1.165) is 11.3 Å². The molecule has 0 saturated carbocycles. The molecule has 0 amide bonds. The first-order valence-electron chi connectivity index (χ1n) is 4.78. The molecule has 5 heteroatoms. The highest BCUT2D eigenvalue weighted by Gasteiger charge is 2.22. The van der Waals surface area contributed by atoms with E-state index in [2.05, 4.69) is 5.16 Å². The van der Waals surface area contributed by atoms with E-state index in [-0.39, 0.29) is 6.42 Å². The molecule has 0 N–H and O–H groups in total. The number of methoxy groups -OCH3 is 1. The van der Waals surface area contributed by atoms with Gasteiger partial charge in [-0.15, -0.1) is 0 Å². The highest BCUT2D eigenvalue weighted by atomic mass is 16.7. The number of nitrogens with zero attached hydrogens (tertiary/aromatic N) is 1. The number of ether oxygens (including phenoxy) is 1. The average Bonchev–Trinajstić information content (AvgIpc) is 2.78. The van der Waals surface area contributed by atoms with E-state index >= 15 is 0 Å². The summed E-state index contributed by atoms with van der Waals surface area (Å²) in [5, 5.41) is 14.3. The summed E-state index contributed by atoms with van der Waals surface area (Å²) in [6.45, 7) is 0. The van der Waals surface area contributed by atoms with Gasteiger partial charge in [-0.25, -0.2) is 0 Å². The highest BCUT2D eigenvalue weighted by molar-refractivity contribution is 6.03. The molecule has 1 aliphatic heterocycles. The number of hydrogen-bond acceptors (Lipinski definition) is 5. The fourth-order valence-electron chi connectivity index (χ4n) is 1.46. The number of aliphatic carboxylic acids is 1. The third kappa shape index (κ3) is 1.98. The van der Waals surface area contributed by atoms with Gasteiger partial charge >= 0.3 is 0 Å². The van der Waals surface area contributed by atoms with Gasteiger partial charge in [-0.05, 0) is 29.8 Å². The topological polar surface area (TPSA) is 71.0 Å². The largest absolute Gasteiger partial charge is 0.546 e.